The second-order valence-corrected chi connectivity index (χ2v) is 6.96. The minimum absolute atomic E-state index is 0. The molecule has 0 aromatic rings. The number of nitrogens with one attached hydrogen (secondary N) is 2. The fraction of sp³-hybridized carbons (Fsp3) is 0.867. The second kappa shape index (κ2) is 6.90. The molecule has 22 heavy (non-hydrogen) atoms. The minimum Gasteiger partial charge on any atom is -0.388 e. The highest BCUT2D eigenvalue weighted by atomic mass is 127. The topological polar surface area (TPSA) is 77.0 Å². The van der Waals surface area contributed by atoms with Crippen LogP contribution in [-0.2, 0) is 4.79 Å². The van der Waals surface area contributed by atoms with Crippen molar-refractivity contribution >= 4 is 35.8 Å². The van der Waals surface area contributed by atoms with Gasteiger partial charge in [-0.2, -0.15) is 0 Å². The van der Waals surface area contributed by atoms with Crippen molar-refractivity contribution < 1.29 is 9.90 Å². The number of aliphatic imine (C=N–C) groups is 1. The molecule has 2 aliphatic heterocycles. The van der Waals surface area contributed by atoms with E-state index in [1.807, 2.05) is 0 Å². The minimum atomic E-state index is -0.547. The summed E-state index contributed by atoms with van der Waals surface area (Å²) in [7, 11) is 1.78. The largest absolute Gasteiger partial charge is 0.388 e. The molecule has 1 aliphatic carbocycles. The lowest BCUT2D eigenvalue weighted by Gasteiger charge is -2.42. The van der Waals surface area contributed by atoms with Crippen LogP contribution in [0.25, 0.3) is 0 Å². The van der Waals surface area contributed by atoms with Crippen LogP contribution in [-0.4, -0.2) is 60.7 Å². The molecule has 3 fully saturated rings. The van der Waals surface area contributed by atoms with E-state index in [1.165, 1.54) is 0 Å². The monoisotopic (exact) mass is 422 g/mol. The van der Waals surface area contributed by atoms with E-state index in [-0.39, 0.29) is 35.3 Å². The van der Waals surface area contributed by atoms with Gasteiger partial charge in [-0.15, -0.1) is 24.0 Å². The van der Waals surface area contributed by atoms with Gasteiger partial charge in [0.1, 0.15) is 0 Å². The quantitative estimate of drug-likeness (QED) is 0.348. The molecule has 1 saturated carbocycles. The maximum absolute atomic E-state index is 11.6. The summed E-state index contributed by atoms with van der Waals surface area (Å²) in [5, 5.41) is 16.5. The van der Waals surface area contributed by atoms with E-state index in [0.29, 0.717) is 13.0 Å². The van der Waals surface area contributed by atoms with Gasteiger partial charge in [-0.25, -0.2) is 0 Å². The third-order valence-corrected chi connectivity index (χ3v) is 5.23. The van der Waals surface area contributed by atoms with E-state index in [0.717, 1.165) is 57.7 Å². The van der Waals surface area contributed by atoms with Gasteiger partial charge in [0.15, 0.2) is 5.96 Å². The number of halogens is 1. The van der Waals surface area contributed by atoms with Gasteiger partial charge < -0.3 is 20.6 Å². The number of guanidine groups is 1. The Kier molecular flexibility index (Phi) is 5.58. The van der Waals surface area contributed by atoms with E-state index < -0.39 is 5.60 Å². The third kappa shape index (κ3) is 3.67. The van der Waals surface area contributed by atoms with Gasteiger partial charge in [-0.3, -0.25) is 9.79 Å². The Hall–Kier alpha value is -0.570. The molecule has 126 valence electrons. The number of hydrogen-bond acceptors (Lipinski definition) is 3. The number of nitrogens with zero attached hydrogens (tertiary/aromatic N) is 2. The molecule has 0 aromatic carbocycles. The van der Waals surface area contributed by atoms with Gasteiger partial charge in [0.05, 0.1) is 5.60 Å². The van der Waals surface area contributed by atoms with Gasteiger partial charge in [0.25, 0.3) is 0 Å². The van der Waals surface area contributed by atoms with Crippen molar-refractivity contribution in [2.75, 3.05) is 33.2 Å². The first-order valence-corrected chi connectivity index (χ1v) is 7.99. The standard InChI is InChI=1S/C15H26N4O2.HI/c1-16-13(18-10-15(21)5-2-6-15)19-7-3-4-14(11-19)8-12(20)17-9-14;/h21H,2-11H2,1H3,(H,16,18)(H,17,20);1H. The second-order valence-electron chi connectivity index (χ2n) is 6.96. The Morgan fingerprint density at radius 1 is 1.41 bits per heavy atom. The molecule has 3 aliphatic rings. The number of aliphatic hydroxyl groups is 1. The van der Waals surface area contributed by atoms with Gasteiger partial charge in [-0.05, 0) is 32.1 Å². The van der Waals surface area contributed by atoms with Crippen LogP contribution in [0.5, 0.6) is 0 Å². The number of carbonyl (C=O) groups excluding carboxylic acids is 1. The van der Waals surface area contributed by atoms with Crippen LogP contribution in [0.2, 0.25) is 0 Å². The molecule has 7 heteroatoms. The molecule has 3 rings (SSSR count). The number of piperidine rings is 1. The lowest BCUT2D eigenvalue weighted by molar-refractivity contribution is -0.119. The van der Waals surface area contributed by atoms with Crippen LogP contribution in [0.3, 0.4) is 0 Å². The number of rotatable bonds is 2. The number of likely N-dealkylation sites (tertiary alicyclic amines) is 1. The molecule has 2 heterocycles. The molecule has 0 aromatic heterocycles. The van der Waals surface area contributed by atoms with E-state index in [4.69, 9.17) is 0 Å². The molecular formula is C15H27IN4O2. The van der Waals surface area contributed by atoms with Crippen LogP contribution >= 0.6 is 24.0 Å². The Morgan fingerprint density at radius 3 is 2.73 bits per heavy atom. The zero-order valence-corrected chi connectivity index (χ0v) is 15.6. The van der Waals surface area contributed by atoms with Gasteiger partial charge >= 0.3 is 0 Å². The van der Waals surface area contributed by atoms with Crippen molar-refractivity contribution in [1.29, 1.82) is 0 Å². The summed E-state index contributed by atoms with van der Waals surface area (Å²) in [6, 6.07) is 0. The zero-order chi connectivity index (χ0) is 14.9. The molecular weight excluding hydrogens is 395 g/mol. The highest BCUT2D eigenvalue weighted by molar-refractivity contribution is 14.0. The molecule has 1 spiro atoms. The van der Waals surface area contributed by atoms with Crippen LogP contribution in [0.1, 0.15) is 38.5 Å². The molecule has 1 atom stereocenters. The fourth-order valence-electron chi connectivity index (χ4n) is 3.77. The Balaban J connectivity index is 0.00000176. The molecule has 6 nitrogen and oxygen atoms in total. The summed E-state index contributed by atoms with van der Waals surface area (Å²) in [5.74, 6) is 1.03. The van der Waals surface area contributed by atoms with Crippen molar-refractivity contribution in [2.45, 2.75) is 44.1 Å². The summed E-state index contributed by atoms with van der Waals surface area (Å²) in [6.07, 6.45) is 5.67. The predicted octanol–water partition coefficient (Wildman–Crippen LogP) is 0.697. The molecule has 0 bridgehead atoms. The van der Waals surface area contributed by atoms with E-state index in [2.05, 4.69) is 20.5 Å². The normalized spacial score (nSPS) is 30.5. The summed E-state index contributed by atoms with van der Waals surface area (Å²) >= 11 is 0. The first-order valence-electron chi connectivity index (χ1n) is 7.99. The first-order chi connectivity index (χ1) is 10.0. The smallest absolute Gasteiger partial charge is 0.220 e. The molecule has 3 N–H and O–H groups in total. The zero-order valence-electron chi connectivity index (χ0n) is 13.2. The maximum atomic E-state index is 11.6. The van der Waals surface area contributed by atoms with Crippen LogP contribution < -0.4 is 10.6 Å². The van der Waals surface area contributed by atoms with Crippen molar-refractivity contribution in [2.24, 2.45) is 10.4 Å². The lowest BCUT2D eigenvalue weighted by atomic mass is 9.79. The third-order valence-electron chi connectivity index (χ3n) is 5.23. The number of amides is 1. The molecule has 0 radical (unpaired) electrons. The highest BCUT2D eigenvalue weighted by Gasteiger charge is 2.42. The number of hydrogen-bond donors (Lipinski definition) is 3. The Labute approximate surface area is 149 Å². The first kappa shape index (κ1) is 17.8. The average molecular weight is 422 g/mol. The lowest BCUT2D eigenvalue weighted by Crippen LogP contribution is -2.55. The molecule has 1 amide bonds. The Morgan fingerprint density at radius 2 is 2.18 bits per heavy atom. The van der Waals surface area contributed by atoms with Crippen LogP contribution in [0.4, 0.5) is 0 Å². The van der Waals surface area contributed by atoms with E-state index in [9.17, 15) is 9.90 Å². The summed E-state index contributed by atoms with van der Waals surface area (Å²) in [5.41, 5.74) is -0.478. The van der Waals surface area contributed by atoms with Crippen molar-refractivity contribution in [3.63, 3.8) is 0 Å². The van der Waals surface area contributed by atoms with E-state index >= 15 is 0 Å². The van der Waals surface area contributed by atoms with Gasteiger partial charge in [0, 0.05) is 45.1 Å². The summed E-state index contributed by atoms with van der Waals surface area (Å²) < 4.78 is 0. The molecule has 1 unspecified atom stereocenters. The summed E-state index contributed by atoms with van der Waals surface area (Å²) in [4.78, 5) is 18.2. The van der Waals surface area contributed by atoms with E-state index in [1.54, 1.807) is 7.05 Å². The predicted molar refractivity (Wildman–Crippen MR) is 96.4 cm³/mol. The SMILES string of the molecule is CN=C(NCC1(O)CCC1)N1CCCC2(CNC(=O)C2)C1.I. The van der Waals surface area contributed by atoms with Crippen molar-refractivity contribution in [3.8, 4) is 0 Å². The molecule has 2 saturated heterocycles. The average Bonchev–Trinajstić information content (AvgIpc) is 2.78. The van der Waals surface area contributed by atoms with Crippen LogP contribution in [0.15, 0.2) is 4.99 Å². The van der Waals surface area contributed by atoms with Crippen LogP contribution in [0, 0.1) is 5.41 Å². The summed E-state index contributed by atoms with van der Waals surface area (Å²) in [6.45, 7) is 3.18. The highest BCUT2D eigenvalue weighted by Crippen LogP contribution is 2.36. The Bertz CT molecular complexity index is 453. The number of carbonyl (C=O) groups is 1. The van der Waals surface area contributed by atoms with Gasteiger partial charge in [-0.1, -0.05) is 0 Å². The maximum Gasteiger partial charge on any atom is 0.220 e. The van der Waals surface area contributed by atoms with Gasteiger partial charge in [0.2, 0.25) is 5.91 Å². The van der Waals surface area contributed by atoms with Crippen molar-refractivity contribution in [3.05, 3.63) is 0 Å². The van der Waals surface area contributed by atoms with Crippen molar-refractivity contribution in [1.82, 2.24) is 15.5 Å². The fourth-order valence-corrected chi connectivity index (χ4v) is 3.77.